The molecule has 1 saturated heterocycles. The minimum Gasteiger partial charge on any atom is -0.321 e. The predicted octanol–water partition coefficient (Wildman–Crippen LogP) is 5.89. The van der Waals surface area contributed by atoms with Crippen molar-refractivity contribution >= 4 is 64.2 Å². The van der Waals surface area contributed by atoms with Gasteiger partial charge in [-0.05, 0) is 83.9 Å². The van der Waals surface area contributed by atoms with Crippen LogP contribution in [-0.2, 0) is 14.4 Å². The average Bonchev–Trinajstić information content (AvgIpc) is 3.57. The molecule has 4 amide bonds. The van der Waals surface area contributed by atoms with Crippen LogP contribution in [0.15, 0.2) is 106 Å². The molecular weight excluding hydrogens is 542 g/mol. The number of nitrogens with one attached hydrogen (secondary N) is 2. The number of benzene rings is 3. The highest BCUT2D eigenvalue weighted by Gasteiger charge is 2.40. The van der Waals surface area contributed by atoms with Crippen LogP contribution in [-0.4, -0.2) is 28.9 Å². The number of thioether (sulfide) groups is 1. The number of thiophene rings is 1. The van der Waals surface area contributed by atoms with E-state index in [2.05, 4.69) is 10.6 Å². The quantitative estimate of drug-likeness (QED) is 0.205. The topological polar surface area (TPSA) is 95.6 Å². The van der Waals surface area contributed by atoms with Gasteiger partial charge in [0.05, 0.1) is 10.9 Å². The van der Waals surface area contributed by atoms with Gasteiger partial charge in [-0.3, -0.25) is 19.2 Å². The fourth-order valence-electron chi connectivity index (χ4n) is 4.11. The van der Waals surface area contributed by atoms with Crippen molar-refractivity contribution in [2.75, 3.05) is 10.2 Å². The third-order valence-electron chi connectivity index (χ3n) is 6.17. The van der Waals surface area contributed by atoms with Gasteiger partial charge in [-0.15, -0.1) is 11.8 Å². The van der Waals surface area contributed by atoms with Crippen LogP contribution in [0.25, 0.3) is 6.08 Å². The van der Waals surface area contributed by atoms with E-state index in [1.165, 1.54) is 28.0 Å². The first-order chi connectivity index (χ1) is 19.4. The monoisotopic (exact) mass is 567 g/mol. The van der Waals surface area contributed by atoms with Gasteiger partial charge in [-0.2, -0.15) is 11.3 Å². The molecule has 0 saturated carbocycles. The number of imide groups is 1. The standard InChI is InChI=1S/C31H25N3O4S2/c1-20-7-11-24(12-8-20)34-28(35)18-27(31(34)38)40-25-13-9-23(10-14-25)32-30(37)26(17-21-15-16-39-19-21)33-29(36)22-5-3-2-4-6-22/h2-17,19,27H,18H2,1H3,(H,32,37)(H,33,36)/b26-17-. The average molecular weight is 568 g/mol. The Morgan fingerprint density at radius 3 is 2.35 bits per heavy atom. The van der Waals surface area contributed by atoms with Gasteiger partial charge in [0.25, 0.3) is 11.8 Å². The molecule has 9 heteroatoms. The van der Waals surface area contributed by atoms with Crippen molar-refractivity contribution in [1.82, 2.24) is 5.32 Å². The zero-order valence-corrected chi connectivity index (χ0v) is 23.1. The highest BCUT2D eigenvalue weighted by molar-refractivity contribution is 8.00. The van der Waals surface area contributed by atoms with E-state index in [9.17, 15) is 19.2 Å². The lowest BCUT2D eigenvalue weighted by atomic mass is 10.2. The van der Waals surface area contributed by atoms with Crippen molar-refractivity contribution < 1.29 is 19.2 Å². The Hall–Kier alpha value is -4.47. The van der Waals surface area contributed by atoms with Gasteiger partial charge >= 0.3 is 0 Å². The zero-order valence-electron chi connectivity index (χ0n) is 21.5. The van der Waals surface area contributed by atoms with E-state index in [4.69, 9.17) is 0 Å². The van der Waals surface area contributed by atoms with Gasteiger partial charge in [0.1, 0.15) is 5.70 Å². The molecule has 0 spiro atoms. The summed E-state index contributed by atoms with van der Waals surface area (Å²) in [6.45, 7) is 1.95. The van der Waals surface area contributed by atoms with Crippen LogP contribution in [0.4, 0.5) is 11.4 Å². The van der Waals surface area contributed by atoms with Crippen molar-refractivity contribution in [2.45, 2.75) is 23.5 Å². The zero-order chi connectivity index (χ0) is 28.1. The Kier molecular flexibility index (Phi) is 8.23. The molecule has 1 aliphatic heterocycles. The highest BCUT2D eigenvalue weighted by atomic mass is 32.2. The lowest BCUT2D eigenvalue weighted by molar-refractivity contribution is -0.121. The van der Waals surface area contributed by atoms with Gasteiger partial charge in [0, 0.05) is 22.6 Å². The Bertz CT molecular complexity index is 1570. The van der Waals surface area contributed by atoms with E-state index >= 15 is 0 Å². The Labute approximate surface area is 239 Å². The van der Waals surface area contributed by atoms with Crippen LogP contribution < -0.4 is 15.5 Å². The van der Waals surface area contributed by atoms with Crippen LogP contribution >= 0.6 is 23.1 Å². The van der Waals surface area contributed by atoms with Gasteiger partial charge in [0.15, 0.2) is 0 Å². The van der Waals surface area contributed by atoms with Crippen molar-refractivity contribution in [1.29, 1.82) is 0 Å². The first-order valence-corrected chi connectivity index (χ1v) is 14.3. The van der Waals surface area contributed by atoms with Crippen molar-refractivity contribution in [3.63, 3.8) is 0 Å². The Morgan fingerprint density at radius 2 is 1.68 bits per heavy atom. The van der Waals surface area contributed by atoms with Crippen LogP contribution in [0.2, 0.25) is 0 Å². The van der Waals surface area contributed by atoms with Crippen LogP contribution in [0.3, 0.4) is 0 Å². The smallest absolute Gasteiger partial charge is 0.272 e. The van der Waals surface area contributed by atoms with Gasteiger partial charge < -0.3 is 10.6 Å². The maximum absolute atomic E-state index is 13.2. The second kappa shape index (κ2) is 12.1. The largest absolute Gasteiger partial charge is 0.321 e. The number of hydrogen-bond acceptors (Lipinski definition) is 6. The van der Waals surface area contributed by atoms with Crippen LogP contribution in [0, 0.1) is 6.92 Å². The van der Waals surface area contributed by atoms with Gasteiger partial charge in [-0.25, -0.2) is 4.90 Å². The molecule has 1 aliphatic rings. The lowest BCUT2D eigenvalue weighted by Gasteiger charge is -2.15. The number of carbonyl (C=O) groups excluding carboxylic acids is 4. The maximum atomic E-state index is 13.2. The molecule has 3 aromatic carbocycles. The second-order valence-electron chi connectivity index (χ2n) is 9.13. The molecule has 2 N–H and O–H groups in total. The molecule has 1 fully saturated rings. The number of nitrogens with zero attached hydrogens (tertiary/aromatic N) is 1. The van der Waals surface area contributed by atoms with Crippen molar-refractivity contribution in [3.05, 3.63) is 118 Å². The molecule has 1 unspecified atom stereocenters. The fourth-order valence-corrected chi connectivity index (χ4v) is 5.78. The molecule has 0 bridgehead atoms. The molecule has 5 rings (SSSR count). The normalized spacial score (nSPS) is 15.3. The maximum Gasteiger partial charge on any atom is 0.272 e. The van der Waals surface area contributed by atoms with E-state index in [-0.39, 0.29) is 29.8 Å². The van der Waals surface area contributed by atoms with E-state index in [1.54, 1.807) is 66.7 Å². The van der Waals surface area contributed by atoms with Crippen molar-refractivity contribution in [2.24, 2.45) is 0 Å². The minimum absolute atomic E-state index is 0.108. The molecule has 0 aliphatic carbocycles. The molecular formula is C31H25N3O4S2. The number of aryl methyl sites for hydroxylation is 1. The highest BCUT2D eigenvalue weighted by Crippen LogP contribution is 2.34. The Morgan fingerprint density at radius 1 is 0.950 bits per heavy atom. The molecule has 4 aromatic rings. The minimum atomic E-state index is -0.525. The summed E-state index contributed by atoms with van der Waals surface area (Å²) in [5, 5.41) is 8.78. The van der Waals surface area contributed by atoms with E-state index < -0.39 is 11.2 Å². The fraction of sp³-hybridized carbons (Fsp3) is 0.0968. The number of carbonyl (C=O) groups is 4. The van der Waals surface area contributed by atoms with Crippen LogP contribution in [0.5, 0.6) is 0 Å². The summed E-state index contributed by atoms with van der Waals surface area (Å²) in [5.41, 5.74) is 3.49. The number of rotatable bonds is 8. The first-order valence-electron chi connectivity index (χ1n) is 12.5. The summed E-state index contributed by atoms with van der Waals surface area (Å²) in [6.07, 6.45) is 1.74. The summed E-state index contributed by atoms with van der Waals surface area (Å²) in [7, 11) is 0. The first kappa shape index (κ1) is 27.1. The SMILES string of the molecule is Cc1ccc(N2C(=O)CC(Sc3ccc(NC(=O)/C(=C/c4ccsc4)NC(=O)c4ccccc4)cc3)C2=O)cc1. The second-order valence-corrected chi connectivity index (χ2v) is 11.2. The molecule has 1 atom stereocenters. The van der Waals surface area contributed by atoms with Crippen LogP contribution in [0.1, 0.15) is 27.9 Å². The molecule has 200 valence electrons. The van der Waals surface area contributed by atoms with E-state index in [1.807, 2.05) is 41.9 Å². The third kappa shape index (κ3) is 6.39. The number of amides is 4. The number of anilines is 2. The van der Waals surface area contributed by atoms with Gasteiger partial charge in [-0.1, -0.05) is 35.9 Å². The molecule has 40 heavy (non-hydrogen) atoms. The summed E-state index contributed by atoms with van der Waals surface area (Å²) in [5.74, 6) is -1.33. The number of hydrogen-bond donors (Lipinski definition) is 2. The summed E-state index contributed by atoms with van der Waals surface area (Å²) >= 11 is 2.80. The molecule has 1 aromatic heterocycles. The molecule has 2 heterocycles. The lowest BCUT2D eigenvalue weighted by Crippen LogP contribution is -2.31. The van der Waals surface area contributed by atoms with E-state index in [0.717, 1.165) is 16.0 Å². The Balaban J connectivity index is 1.25. The summed E-state index contributed by atoms with van der Waals surface area (Å²) in [6, 6.07) is 24.9. The predicted molar refractivity (Wildman–Crippen MR) is 159 cm³/mol. The van der Waals surface area contributed by atoms with E-state index in [0.29, 0.717) is 16.9 Å². The molecule has 7 nitrogen and oxygen atoms in total. The molecule has 0 radical (unpaired) electrons. The summed E-state index contributed by atoms with van der Waals surface area (Å²) in [4.78, 5) is 53.5. The van der Waals surface area contributed by atoms with Gasteiger partial charge in [0.2, 0.25) is 11.8 Å². The van der Waals surface area contributed by atoms with Crippen molar-refractivity contribution in [3.8, 4) is 0 Å². The summed E-state index contributed by atoms with van der Waals surface area (Å²) < 4.78 is 0. The third-order valence-corrected chi connectivity index (χ3v) is 8.07.